The highest BCUT2D eigenvalue weighted by molar-refractivity contribution is 7.89. The molecule has 1 aliphatic rings. The van der Waals surface area contributed by atoms with Crippen molar-refractivity contribution in [3.63, 3.8) is 0 Å². The van der Waals surface area contributed by atoms with Gasteiger partial charge in [-0.25, -0.2) is 8.42 Å². The molecule has 1 heterocycles. The molecular formula is C19H23ClN2O3S. The van der Waals surface area contributed by atoms with Gasteiger partial charge in [0.2, 0.25) is 10.0 Å². The van der Waals surface area contributed by atoms with Crippen LogP contribution in [-0.4, -0.2) is 57.5 Å². The van der Waals surface area contributed by atoms with Crippen LogP contribution in [0.2, 0.25) is 5.02 Å². The molecule has 0 saturated carbocycles. The Labute approximate surface area is 160 Å². The van der Waals surface area contributed by atoms with Crippen molar-refractivity contribution < 1.29 is 13.2 Å². The summed E-state index contributed by atoms with van der Waals surface area (Å²) < 4.78 is 32.3. The first-order valence-electron chi connectivity index (χ1n) is 8.60. The molecule has 0 spiro atoms. The minimum atomic E-state index is -3.53. The Hall–Kier alpha value is -1.60. The summed E-state index contributed by atoms with van der Waals surface area (Å²) in [5, 5.41) is 0.301. The van der Waals surface area contributed by atoms with Gasteiger partial charge in [0.15, 0.2) is 0 Å². The van der Waals surface area contributed by atoms with Gasteiger partial charge >= 0.3 is 0 Å². The molecule has 0 atom stereocenters. The van der Waals surface area contributed by atoms with Crippen molar-refractivity contribution in [1.82, 2.24) is 9.21 Å². The van der Waals surface area contributed by atoms with E-state index in [2.05, 4.69) is 17.0 Å². The molecule has 2 aromatic rings. The first-order valence-corrected chi connectivity index (χ1v) is 10.4. The van der Waals surface area contributed by atoms with Crippen molar-refractivity contribution in [1.29, 1.82) is 0 Å². The highest BCUT2D eigenvalue weighted by atomic mass is 35.5. The fourth-order valence-electron chi connectivity index (χ4n) is 3.08. The van der Waals surface area contributed by atoms with E-state index in [-0.39, 0.29) is 4.90 Å². The molecule has 5 nitrogen and oxygen atoms in total. The van der Waals surface area contributed by atoms with Crippen LogP contribution in [0.1, 0.15) is 5.56 Å². The van der Waals surface area contributed by atoms with Gasteiger partial charge in [-0.15, -0.1) is 0 Å². The van der Waals surface area contributed by atoms with Crippen molar-refractivity contribution in [2.75, 3.05) is 39.8 Å². The summed E-state index contributed by atoms with van der Waals surface area (Å²) >= 11 is 6.08. The van der Waals surface area contributed by atoms with E-state index >= 15 is 0 Å². The van der Waals surface area contributed by atoms with Gasteiger partial charge in [0, 0.05) is 32.7 Å². The Balaban J connectivity index is 1.59. The largest absolute Gasteiger partial charge is 0.495 e. The number of sulfonamides is 1. The number of hydrogen-bond donors (Lipinski definition) is 0. The average molecular weight is 395 g/mol. The Morgan fingerprint density at radius 1 is 1.04 bits per heavy atom. The minimum Gasteiger partial charge on any atom is -0.495 e. The summed E-state index contributed by atoms with van der Waals surface area (Å²) in [5.41, 5.74) is 1.30. The third kappa shape index (κ3) is 4.38. The lowest BCUT2D eigenvalue weighted by molar-refractivity contribution is 0.190. The monoisotopic (exact) mass is 394 g/mol. The van der Waals surface area contributed by atoms with Crippen molar-refractivity contribution in [2.24, 2.45) is 0 Å². The van der Waals surface area contributed by atoms with E-state index in [1.165, 1.54) is 23.0 Å². The van der Waals surface area contributed by atoms with Crippen molar-refractivity contribution in [3.8, 4) is 5.75 Å². The molecule has 0 bridgehead atoms. The third-order valence-electron chi connectivity index (χ3n) is 4.65. The van der Waals surface area contributed by atoms with E-state index in [9.17, 15) is 8.42 Å². The van der Waals surface area contributed by atoms with Crippen LogP contribution in [0.25, 0.3) is 0 Å². The van der Waals surface area contributed by atoms with Crippen LogP contribution >= 0.6 is 11.6 Å². The van der Waals surface area contributed by atoms with Gasteiger partial charge in [-0.1, -0.05) is 41.9 Å². The molecule has 1 saturated heterocycles. The maximum Gasteiger partial charge on any atom is 0.243 e. The SMILES string of the molecule is COc1ccc(S(=O)(=O)N2CCN(CCc3ccccc3)CC2)cc1Cl. The molecule has 0 N–H and O–H groups in total. The van der Waals surface area contributed by atoms with Crippen LogP contribution in [0.5, 0.6) is 5.75 Å². The quantitative estimate of drug-likeness (QED) is 0.755. The van der Waals surface area contributed by atoms with Crippen LogP contribution in [0.3, 0.4) is 0 Å². The van der Waals surface area contributed by atoms with Crippen LogP contribution in [-0.2, 0) is 16.4 Å². The predicted molar refractivity (Wildman–Crippen MR) is 103 cm³/mol. The van der Waals surface area contributed by atoms with E-state index in [0.29, 0.717) is 23.9 Å². The smallest absolute Gasteiger partial charge is 0.243 e. The topological polar surface area (TPSA) is 49.9 Å². The van der Waals surface area contributed by atoms with E-state index in [1.807, 2.05) is 18.2 Å². The van der Waals surface area contributed by atoms with E-state index in [4.69, 9.17) is 16.3 Å². The molecule has 3 rings (SSSR count). The number of nitrogens with zero attached hydrogens (tertiary/aromatic N) is 2. The maximum absolute atomic E-state index is 12.8. The van der Waals surface area contributed by atoms with Crippen LogP contribution in [0.15, 0.2) is 53.4 Å². The molecule has 7 heteroatoms. The second-order valence-corrected chi connectivity index (χ2v) is 8.62. The molecule has 1 fully saturated rings. The first-order chi connectivity index (χ1) is 12.5. The van der Waals surface area contributed by atoms with Crippen LogP contribution in [0, 0.1) is 0 Å². The van der Waals surface area contributed by atoms with Crippen LogP contribution in [0.4, 0.5) is 0 Å². The lowest BCUT2D eigenvalue weighted by atomic mass is 10.1. The Bertz CT molecular complexity index is 835. The summed E-state index contributed by atoms with van der Waals surface area (Å²) in [6.07, 6.45) is 0.974. The molecule has 140 valence electrons. The highest BCUT2D eigenvalue weighted by Gasteiger charge is 2.28. The highest BCUT2D eigenvalue weighted by Crippen LogP contribution is 2.28. The van der Waals surface area contributed by atoms with E-state index in [1.54, 1.807) is 12.1 Å². The van der Waals surface area contributed by atoms with Gasteiger partial charge in [-0.3, -0.25) is 0 Å². The standard InChI is InChI=1S/C19H23ClN2O3S/c1-25-19-8-7-17(15-18(19)20)26(23,24)22-13-11-21(12-14-22)10-9-16-5-3-2-4-6-16/h2-8,15H,9-14H2,1H3. The van der Waals surface area contributed by atoms with Crippen molar-refractivity contribution >= 4 is 21.6 Å². The summed E-state index contributed by atoms with van der Waals surface area (Å²) in [7, 11) is -2.03. The summed E-state index contributed by atoms with van der Waals surface area (Å²) in [6.45, 7) is 3.37. The molecule has 1 aliphatic heterocycles. The molecule has 0 unspecified atom stereocenters. The van der Waals surface area contributed by atoms with Crippen molar-refractivity contribution in [2.45, 2.75) is 11.3 Å². The second kappa shape index (κ2) is 8.39. The molecule has 26 heavy (non-hydrogen) atoms. The fourth-order valence-corrected chi connectivity index (χ4v) is 4.85. The third-order valence-corrected chi connectivity index (χ3v) is 6.84. The van der Waals surface area contributed by atoms with Gasteiger partial charge < -0.3 is 9.64 Å². The molecule has 0 radical (unpaired) electrons. The number of benzene rings is 2. The van der Waals surface area contributed by atoms with E-state index < -0.39 is 10.0 Å². The predicted octanol–water partition coefficient (Wildman–Crippen LogP) is 2.90. The molecule has 0 aliphatic carbocycles. The Kier molecular flexibility index (Phi) is 6.19. The molecule has 0 aromatic heterocycles. The van der Waals surface area contributed by atoms with Gasteiger partial charge in [0.1, 0.15) is 5.75 Å². The molecule has 0 amide bonds. The number of hydrogen-bond acceptors (Lipinski definition) is 4. The van der Waals surface area contributed by atoms with Gasteiger partial charge in [-0.2, -0.15) is 4.31 Å². The number of methoxy groups -OCH3 is 1. The normalized spacial score (nSPS) is 16.5. The average Bonchev–Trinajstić information content (AvgIpc) is 2.67. The first kappa shape index (κ1) is 19.2. The lowest BCUT2D eigenvalue weighted by Crippen LogP contribution is -2.48. The van der Waals surface area contributed by atoms with Gasteiger partial charge in [0.25, 0.3) is 0 Å². The number of halogens is 1. The van der Waals surface area contributed by atoms with Crippen LogP contribution < -0.4 is 4.74 Å². The molecule has 2 aromatic carbocycles. The summed E-state index contributed by atoms with van der Waals surface area (Å²) in [4.78, 5) is 2.51. The number of rotatable bonds is 6. The Morgan fingerprint density at radius 3 is 2.35 bits per heavy atom. The minimum absolute atomic E-state index is 0.209. The zero-order valence-corrected chi connectivity index (χ0v) is 16.3. The summed E-state index contributed by atoms with van der Waals surface area (Å²) in [6, 6.07) is 14.9. The zero-order chi connectivity index (χ0) is 18.6. The van der Waals surface area contributed by atoms with Crippen molar-refractivity contribution in [3.05, 3.63) is 59.1 Å². The summed E-state index contributed by atoms with van der Waals surface area (Å²) in [5.74, 6) is 0.469. The van der Waals surface area contributed by atoms with Gasteiger partial charge in [-0.05, 0) is 30.2 Å². The van der Waals surface area contributed by atoms with E-state index in [0.717, 1.165) is 26.1 Å². The van der Waals surface area contributed by atoms with Gasteiger partial charge in [0.05, 0.1) is 17.0 Å². The number of ether oxygens (including phenoxy) is 1. The maximum atomic E-state index is 12.8. The fraction of sp³-hybridized carbons (Fsp3) is 0.368. The molecular weight excluding hydrogens is 372 g/mol. The number of piperazine rings is 1. The Morgan fingerprint density at radius 2 is 1.73 bits per heavy atom. The zero-order valence-electron chi connectivity index (χ0n) is 14.8. The second-order valence-electron chi connectivity index (χ2n) is 6.28. The lowest BCUT2D eigenvalue weighted by Gasteiger charge is -2.34.